The van der Waals surface area contributed by atoms with E-state index < -0.39 is 6.04 Å². The molecule has 3 fully saturated rings. The van der Waals surface area contributed by atoms with Gasteiger partial charge >= 0.3 is 6.03 Å². The van der Waals surface area contributed by atoms with Gasteiger partial charge in [-0.15, -0.1) is 0 Å². The van der Waals surface area contributed by atoms with Crippen molar-refractivity contribution >= 4 is 29.9 Å². The van der Waals surface area contributed by atoms with E-state index in [0.29, 0.717) is 23.3 Å². The Labute approximate surface area is 275 Å². The molecule has 6 rings (SSSR count). The molecule has 8 heteroatoms. The van der Waals surface area contributed by atoms with Gasteiger partial charge in [-0.2, -0.15) is 0 Å². The number of benzene rings is 2. The highest BCUT2D eigenvalue weighted by Gasteiger charge is 2.39. The Bertz CT molecular complexity index is 1200. The van der Waals surface area contributed by atoms with E-state index in [2.05, 4.69) is 36.5 Å². The first kappa shape index (κ1) is 34.8. The predicted molar refractivity (Wildman–Crippen MR) is 182 cm³/mol. The van der Waals surface area contributed by atoms with Crippen LogP contribution in [0.25, 0.3) is 0 Å². The first-order chi connectivity index (χ1) is 21.7. The number of nitrogens with zero attached hydrogens (tertiary/aromatic N) is 3. The summed E-state index contributed by atoms with van der Waals surface area (Å²) in [5, 5.41) is 3.39. The number of fused-ring (bicyclic) bond motifs is 1. The van der Waals surface area contributed by atoms with Crippen molar-refractivity contribution in [3.63, 3.8) is 0 Å². The zero-order valence-corrected chi connectivity index (χ0v) is 28.4. The second kappa shape index (κ2) is 17.0. The monoisotopic (exact) mass is 636 g/mol. The minimum Gasteiger partial charge on any atom is -0.347 e. The van der Waals surface area contributed by atoms with Crippen molar-refractivity contribution in [1.29, 1.82) is 0 Å². The number of halogens is 1. The number of carbonyl (C=O) groups is 3. The molecule has 0 radical (unpaired) electrons. The third-order valence-electron chi connectivity index (χ3n) is 10.4. The summed E-state index contributed by atoms with van der Waals surface area (Å²) < 4.78 is 0. The molecule has 2 aromatic carbocycles. The highest BCUT2D eigenvalue weighted by Crippen LogP contribution is 2.45. The maximum Gasteiger partial charge on any atom is 0.319 e. The Morgan fingerprint density at radius 1 is 0.889 bits per heavy atom. The quantitative estimate of drug-likeness (QED) is 0.356. The fourth-order valence-corrected chi connectivity index (χ4v) is 7.41. The molecule has 0 unspecified atom stereocenters. The molecule has 1 atom stereocenters. The highest BCUT2D eigenvalue weighted by atomic mass is 35.5. The van der Waals surface area contributed by atoms with Crippen LogP contribution in [-0.2, 0) is 28.9 Å². The van der Waals surface area contributed by atoms with Gasteiger partial charge in [0.15, 0.2) is 0 Å². The molecule has 4 aliphatic rings. The first-order valence-electron chi connectivity index (χ1n) is 17.0. The van der Waals surface area contributed by atoms with E-state index in [0.717, 1.165) is 50.5 Å². The molecule has 1 saturated carbocycles. The summed E-state index contributed by atoms with van der Waals surface area (Å²) in [6.45, 7) is 5.75. The predicted octanol–water partition coefficient (Wildman–Crippen LogP) is 6.76. The maximum absolute atomic E-state index is 13.0. The van der Waals surface area contributed by atoms with E-state index >= 15 is 0 Å². The molecule has 45 heavy (non-hydrogen) atoms. The summed E-state index contributed by atoms with van der Waals surface area (Å²) in [4.78, 5) is 40.2. The number of hydrogen-bond acceptors (Lipinski definition) is 3. The van der Waals surface area contributed by atoms with E-state index in [1.165, 1.54) is 57.8 Å². The Balaban J connectivity index is 0.000000206. The van der Waals surface area contributed by atoms with E-state index in [1.54, 1.807) is 20.9 Å². The van der Waals surface area contributed by atoms with Crippen LogP contribution in [0.15, 0.2) is 48.5 Å². The van der Waals surface area contributed by atoms with Gasteiger partial charge in [0, 0.05) is 51.7 Å². The average Bonchev–Trinajstić information content (AvgIpc) is 3.37. The summed E-state index contributed by atoms with van der Waals surface area (Å²) in [5.74, 6) is 0.837. The summed E-state index contributed by atoms with van der Waals surface area (Å²) >= 11 is 5.94. The molecule has 0 bridgehead atoms. The van der Waals surface area contributed by atoms with Gasteiger partial charge in [0.1, 0.15) is 6.04 Å². The van der Waals surface area contributed by atoms with Gasteiger partial charge in [0.25, 0.3) is 0 Å². The van der Waals surface area contributed by atoms with Crippen LogP contribution in [0, 0.1) is 11.3 Å². The van der Waals surface area contributed by atoms with Crippen molar-refractivity contribution < 1.29 is 14.4 Å². The molecule has 7 nitrogen and oxygen atoms in total. The largest absolute Gasteiger partial charge is 0.347 e. The number of piperidine rings is 1. The van der Waals surface area contributed by atoms with E-state index in [4.69, 9.17) is 11.6 Å². The third kappa shape index (κ3) is 9.96. The normalized spacial score (nSPS) is 20.2. The lowest BCUT2D eigenvalue weighted by atomic mass is 9.65. The van der Waals surface area contributed by atoms with Gasteiger partial charge in [0.2, 0.25) is 12.3 Å². The van der Waals surface area contributed by atoms with Crippen molar-refractivity contribution in [2.75, 3.05) is 40.3 Å². The zero-order valence-electron chi connectivity index (χ0n) is 27.6. The lowest BCUT2D eigenvalue weighted by Crippen LogP contribution is -2.52. The Morgan fingerprint density at radius 3 is 1.93 bits per heavy atom. The highest BCUT2D eigenvalue weighted by molar-refractivity contribution is 6.30. The van der Waals surface area contributed by atoms with Crippen molar-refractivity contribution in [3.05, 3.63) is 70.2 Å². The summed E-state index contributed by atoms with van der Waals surface area (Å²) in [5.41, 5.74) is 4.51. The molecule has 2 aliphatic carbocycles. The lowest BCUT2D eigenvalue weighted by molar-refractivity contribution is -0.137. The minimum absolute atomic E-state index is 0.0303. The van der Waals surface area contributed by atoms with Crippen LogP contribution in [0.5, 0.6) is 0 Å². The lowest BCUT2D eigenvalue weighted by Gasteiger charge is -2.46. The van der Waals surface area contributed by atoms with Gasteiger partial charge in [0.05, 0.1) is 0 Å². The molecule has 2 saturated heterocycles. The zero-order chi connectivity index (χ0) is 32.2. The fraction of sp³-hybridized carbons (Fsp3) is 0.595. The van der Waals surface area contributed by atoms with Crippen molar-refractivity contribution in [2.24, 2.45) is 11.3 Å². The molecule has 2 heterocycles. The summed E-state index contributed by atoms with van der Waals surface area (Å²) in [6.07, 6.45) is 15.4. The number of carbonyl (C=O) groups excluding carboxylic acids is 3. The first-order valence-corrected chi connectivity index (χ1v) is 17.3. The smallest absolute Gasteiger partial charge is 0.319 e. The number of amides is 4. The van der Waals surface area contributed by atoms with E-state index in [1.807, 2.05) is 43.3 Å². The number of aryl methyl sites for hydroxylation is 2. The van der Waals surface area contributed by atoms with Gasteiger partial charge in [-0.25, -0.2) is 4.79 Å². The van der Waals surface area contributed by atoms with Crippen molar-refractivity contribution in [2.45, 2.75) is 90.0 Å². The van der Waals surface area contributed by atoms with Gasteiger partial charge in [-0.05, 0) is 91.5 Å². The van der Waals surface area contributed by atoms with Crippen LogP contribution in [-0.4, -0.2) is 79.4 Å². The molecular weight excluding hydrogens is 584 g/mol. The van der Waals surface area contributed by atoms with Gasteiger partial charge < -0.3 is 20.0 Å². The van der Waals surface area contributed by atoms with Crippen LogP contribution in [0.3, 0.4) is 0 Å². The molecule has 2 aliphatic heterocycles. The molecule has 2 aromatic rings. The Hall–Kier alpha value is -3.06. The molecule has 0 aromatic heterocycles. The van der Waals surface area contributed by atoms with Crippen LogP contribution in [0.1, 0.15) is 81.4 Å². The maximum atomic E-state index is 13.0. The third-order valence-corrected chi connectivity index (χ3v) is 10.7. The Morgan fingerprint density at radius 2 is 1.44 bits per heavy atom. The van der Waals surface area contributed by atoms with Crippen LogP contribution in [0.4, 0.5) is 4.79 Å². The van der Waals surface area contributed by atoms with Gasteiger partial charge in [-0.3, -0.25) is 9.59 Å². The number of nitrogens with one attached hydrogen (secondary N) is 1. The fourth-order valence-electron chi connectivity index (χ4n) is 7.28. The molecule has 246 valence electrons. The van der Waals surface area contributed by atoms with Gasteiger partial charge in [-0.1, -0.05) is 74.2 Å². The summed E-state index contributed by atoms with van der Waals surface area (Å²) in [7, 11) is 3.62. The van der Waals surface area contributed by atoms with Crippen LogP contribution >= 0.6 is 11.6 Å². The van der Waals surface area contributed by atoms with Crippen LogP contribution < -0.4 is 5.32 Å². The number of likely N-dealkylation sites (tertiary alicyclic amines) is 1. The topological polar surface area (TPSA) is 73.0 Å². The molecule has 4 amide bonds. The SMILES string of the molecule is CC1(C2CCCCC2)CCN(C(=O)[C@@H](Cc2ccc(Cl)cc2)NC=O)CC1.CN1CCN(C)C1=O.c1ccc2c(c1)CCCC2. The molecule has 1 N–H and O–H groups in total. The number of likely N-dealkylation sites (N-methyl/N-ethyl adjacent to an activating group) is 2. The minimum atomic E-state index is -0.511. The second-order valence-corrected chi connectivity index (χ2v) is 14.0. The number of urea groups is 1. The number of hydrogen-bond donors (Lipinski definition) is 1. The Kier molecular flexibility index (Phi) is 13.2. The average molecular weight is 637 g/mol. The molecule has 0 spiro atoms. The van der Waals surface area contributed by atoms with E-state index in [-0.39, 0.29) is 11.9 Å². The van der Waals surface area contributed by atoms with Crippen molar-refractivity contribution in [1.82, 2.24) is 20.0 Å². The summed E-state index contributed by atoms with van der Waals surface area (Å²) in [6, 6.07) is 15.9. The van der Waals surface area contributed by atoms with Crippen molar-refractivity contribution in [3.8, 4) is 0 Å². The standard InChI is InChI=1S/C22H31ClN2O2.C10H12.C5H10N2O/c1-22(18-5-3-2-4-6-18)11-13-25(14-12-22)21(27)20(24-16-26)15-17-7-9-19(23)10-8-17;1-2-6-10-8-4-3-7-9(10)5-1;1-6-3-4-7(2)5(6)8/h7-10,16,18,20H,2-6,11-15H2,1H3,(H,24,26);1-2,5-6H,3-4,7-8H2;3-4H2,1-2H3/t20-;;/m1../s1. The molecular formula is C37H53ClN4O3. The number of rotatable bonds is 6. The van der Waals surface area contributed by atoms with E-state index in [9.17, 15) is 14.4 Å². The second-order valence-electron chi connectivity index (χ2n) is 13.6. The van der Waals surface area contributed by atoms with Crippen LogP contribution in [0.2, 0.25) is 5.02 Å².